The highest BCUT2D eigenvalue weighted by Crippen LogP contribution is 2.29. The van der Waals surface area contributed by atoms with E-state index in [4.69, 9.17) is 23.7 Å². The number of ether oxygens (including phenoxy) is 5. The molecule has 14 heteroatoms. The van der Waals surface area contributed by atoms with E-state index in [9.17, 15) is 34.1 Å². The molecule has 0 bridgehead atoms. The van der Waals surface area contributed by atoms with Gasteiger partial charge in [-0.1, -0.05) is 12.1 Å². The van der Waals surface area contributed by atoms with Crippen LogP contribution in [0.15, 0.2) is 24.3 Å². The number of hydrogen-bond donors (Lipinski definition) is 1. The predicted octanol–water partition coefficient (Wildman–Crippen LogP) is 0.408. The van der Waals surface area contributed by atoms with Crippen molar-refractivity contribution in [3.8, 4) is 0 Å². The molecule has 2 rings (SSSR count). The van der Waals surface area contributed by atoms with Gasteiger partial charge in [0, 0.05) is 33.8 Å². The molecule has 35 heavy (non-hydrogen) atoms. The predicted molar refractivity (Wildman–Crippen MR) is 113 cm³/mol. The van der Waals surface area contributed by atoms with E-state index in [1.54, 1.807) is 0 Å². The van der Waals surface area contributed by atoms with Crippen LogP contribution in [-0.2, 0) is 42.9 Å². The maximum absolute atomic E-state index is 13.0. The molecule has 0 spiro atoms. The lowest BCUT2D eigenvalue weighted by Crippen LogP contribution is -2.67. The Bertz CT molecular complexity index is 1010. The number of carbonyl (C=O) groups is 5. The number of esters is 4. The van der Waals surface area contributed by atoms with Crippen molar-refractivity contribution in [1.82, 2.24) is 5.32 Å². The normalized spacial score (nSPS) is 23.4. The van der Waals surface area contributed by atoms with Crippen LogP contribution in [0, 0.1) is 10.1 Å². The molecule has 1 saturated heterocycles. The van der Waals surface area contributed by atoms with Crippen molar-refractivity contribution in [2.24, 2.45) is 0 Å². The van der Waals surface area contributed by atoms with Crippen LogP contribution in [0.4, 0.5) is 5.69 Å². The molecular formula is C21H24N2O12. The molecule has 0 unspecified atom stereocenters. The number of amides is 1. The van der Waals surface area contributed by atoms with Gasteiger partial charge >= 0.3 is 23.9 Å². The molecule has 1 heterocycles. The summed E-state index contributed by atoms with van der Waals surface area (Å²) >= 11 is 0. The van der Waals surface area contributed by atoms with Crippen LogP contribution in [0.3, 0.4) is 0 Å². The lowest BCUT2D eigenvalue weighted by Gasteiger charge is -2.44. The second-order valence-corrected chi connectivity index (χ2v) is 7.38. The van der Waals surface area contributed by atoms with Gasteiger partial charge in [0.25, 0.3) is 11.6 Å². The second-order valence-electron chi connectivity index (χ2n) is 7.38. The van der Waals surface area contributed by atoms with Crippen molar-refractivity contribution < 1.29 is 52.6 Å². The molecule has 1 aromatic rings. The van der Waals surface area contributed by atoms with Gasteiger partial charge in [0.15, 0.2) is 12.2 Å². The SMILES string of the molecule is CC(=O)OC[C@@H]1O[C@H](OC(C)=O)[C@H](NC(=O)c2ccccc2[N+](=O)[O-])[C@H](OC(C)=O)[C@H]1OC(C)=O. The number of benzene rings is 1. The molecule has 1 aromatic carbocycles. The Balaban J connectivity index is 2.51. The highest BCUT2D eigenvalue weighted by molar-refractivity contribution is 5.98. The number of nitrogens with zero attached hydrogens (tertiary/aromatic N) is 1. The molecule has 0 saturated carbocycles. The van der Waals surface area contributed by atoms with Gasteiger partial charge < -0.3 is 29.0 Å². The van der Waals surface area contributed by atoms with E-state index in [2.05, 4.69) is 5.32 Å². The molecule has 0 aromatic heterocycles. The van der Waals surface area contributed by atoms with E-state index in [1.807, 2.05) is 0 Å². The van der Waals surface area contributed by atoms with Gasteiger partial charge in [-0.3, -0.25) is 34.1 Å². The zero-order valence-electron chi connectivity index (χ0n) is 19.2. The highest BCUT2D eigenvalue weighted by atomic mass is 16.7. The molecule has 1 aliphatic heterocycles. The average molecular weight is 496 g/mol. The number of carbonyl (C=O) groups excluding carboxylic acids is 5. The molecule has 1 fully saturated rings. The van der Waals surface area contributed by atoms with Crippen LogP contribution in [0.5, 0.6) is 0 Å². The first-order chi connectivity index (χ1) is 16.4. The number of nitro benzene ring substituents is 1. The number of hydrogen-bond acceptors (Lipinski definition) is 12. The number of nitrogens with one attached hydrogen (secondary N) is 1. The Kier molecular flexibility index (Phi) is 9.22. The van der Waals surface area contributed by atoms with Crippen LogP contribution in [0.1, 0.15) is 38.1 Å². The minimum Gasteiger partial charge on any atom is -0.463 e. The minimum atomic E-state index is -1.61. The standard InChI is InChI=1S/C21H24N2O12/c1-10(24)31-9-16-18(32-11(2)25)19(33-12(3)26)17(21(35-16)34-13(4)27)22-20(28)14-7-5-6-8-15(14)23(29)30/h5-8,16-19,21H,9H2,1-4H3,(H,22,28)/t16-,17+,18-,19-,21-/m0/s1. The summed E-state index contributed by atoms with van der Waals surface area (Å²) in [6.45, 7) is 3.79. The molecule has 0 radical (unpaired) electrons. The Labute approximate surface area is 198 Å². The summed E-state index contributed by atoms with van der Waals surface area (Å²) in [5.41, 5.74) is -0.856. The third-order valence-corrected chi connectivity index (χ3v) is 4.63. The van der Waals surface area contributed by atoms with Gasteiger partial charge in [-0.25, -0.2) is 0 Å². The van der Waals surface area contributed by atoms with E-state index in [0.29, 0.717) is 0 Å². The molecule has 0 aliphatic carbocycles. The maximum Gasteiger partial charge on any atom is 0.305 e. The number of nitro groups is 1. The third kappa shape index (κ3) is 7.46. The summed E-state index contributed by atoms with van der Waals surface area (Å²) in [6.07, 6.45) is -5.80. The molecular weight excluding hydrogens is 472 g/mol. The zero-order valence-corrected chi connectivity index (χ0v) is 19.2. The fourth-order valence-corrected chi connectivity index (χ4v) is 3.37. The summed E-state index contributed by atoms with van der Waals surface area (Å²) < 4.78 is 26.3. The summed E-state index contributed by atoms with van der Waals surface area (Å²) in [5, 5.41) is 13.8. The molecule has 190 valence electrons. The fourth-order valence-electron chi connectivity index (χ4n) is 3.37. The van der Waals surface area contributed by atoms with Gasteiger partial charge in [0.1, 0.15) is 24.3 Å². The molecule has 1 aliphatic rings. The average Bonchev–Trinajstić information content (AvgIpc) is 2.75. The van der Waals surface area contributed by atoms with Gasteiger partial charge in [0.05, 0.1) is 4.92 Å². The van der Waals surface area contributed by atoms with Crippen LogP contribution in [0.2, 0.25) is 0 Å². The van der Waals surface area contributed by atoms with Gasteiger partial charge in [0.2, 0.25) is 6.29 Å². The maximum atomic E-state index is 13.0. The van der Waals surface area contributed by atoms with Crippen molar-refractivity contribution in [3.63, 3.8) is 0 Å². The van der Waals surface area contributed by atoms with Gasteiger partial charge in [-0.15, -0.1) is 0 Å². The summed E-state index contributed by atoms with van der Waals surface area (Å²) in [4.78, 5) is 70.3. The summed E-state index contributed by atoms with van der Waals surface area (Å²) in [6, 6.07) is 3.57. The van der Waals surface area contributed by atoms with Crippen LogP contribution in [0.25, 0.3) is 0 Å². The Morgan fingerprint density at radius 3 is 2.03 bits per heavy atom. The highest BCUT2D eigenvalue weighted by Gasteiger charge is 2.52. The molecule has 1 N–H and O–H groups in total. The lowest BCUT2D eigenvalue weighted by atomic mass is 9.95. The summed E-state index contributed by atoms with van der Waals surface area (Å²) in [5.74, 6) is -4.21. The molecule has 5 atom stereocenters. The smallest absolute Gasteiger partial charge is 0.305 e. The van der Waals surface area contributed by atoms with Crippen LogP contribution in [-0.4, -0.2) is 72.0 Å². The summed E-state index contributed by atoms with van der Waals surface area (Å²) in [7, 11) is 0. The largest absolute Gasteiger partial charge is 0.463 e. The van der Waals surface area contributed by atoms with Crippen LogP contribution < -0.4 is 5.32 Å². The Hall–Kier alpha value is -4.07. The van der Waals surface area contributed by atoms with Gasteiger partial charge in [-0.2, -0.15) is 0 Å². The van der Waals surface area contributed by atoms with Crippen molar-refractivity contribution in [2.45, 2.75) is 58.3 Å². The van der Waals surface area contributed by atoms with E-state index in [0.717, 1.165) is 33.8 Å². The number of rotatable bonds is 8. The fraction of sp³-hybridized carbons (Fsp3) is 0.476. The lowest BCUT2D eigenvalue weighted by molar-refractivity contribution is -0.385. The quantitative estimate of drug-likeness (QED) is 0.226. The van der Waals surface area contributed by atoms with Crippen molar-refractivity contribution >= 4 is 35.5 Å². The Morgan fingerprint density at radius 2 is 1.49 bits per heavy atom. The monoisotopic (exact) mass is 496 g/mol. The first-order valence-electron chi connectivity index (χ1n) is 10.3. The van der Waals surface area contributed by atoms with E-state index < -0.39 is 77.6 Å². The minimum absolute atomic E-state index is 0.341. The first-order valence-corrected chi connectivity index (χ1v) is 10.3. The van der Waals surface area contributed by atoms with Gasteiger partial charge in [-0.05, 0) is 6.07 Å². The third-order valence-electron chi connectivity index (χ3n) is 4.63. The number of para-hydroxylation sites is 1. The van der Waals surface area contributed by atoms with Crippen molar-refractivity contribution in [1.29, 1.82) is 0 Å². The first kappa shape index (κ1) is 27.2. The molecule has 14 nitrogen and oxygen atoms in total. The van der Waals surface area contributed by atoms with E-state index in [1.165, 1.54) is 18.2 Å². The topological polar surface area (TPSA) is 187 Å². The van der Waals surface area contributed by atoms with E-state index >= 15 is 0 Å². The Morgan fingerprint density at radius 1 is 0.914 bits per heavy atom. The van der Waals surface area contributed by atoms with E-state index in [-0.39, 0.29) is 5.56 Å². The van der Waals surface area contributed by atoms with Crippen LogP contribution >= 0.6 is 0 Å². The molecule has 1 amide bonds. The van der Waals surface area contributed by atoms with Crippen molar-refractivity contribution in [2.75, 3.05) is 6.61 Å². The second kappa shape index (κ2) is 11.9. The van der Waals surface area contributed by atoms with Crippen molar-refractivity contribution in [3.05, 3.63) is 39.9 Å². The zero-order chi connectivity index (χ0) is 26.3.